The second kappa shape index (κ2) is 7.41. The van der Waals surface area contributed by atoms with Gasteiger partial charge < -0.3 is 19.4 Å². The van der Waals surface area contributed by atoms with Crippen LogP contribution in [0.1, 0.15) is 54.2 Å². The van der Waals surface area contributed by atoms with E-state index in [0.29, 0.717) is 6.54 Å². The van der Waals surface area contributed by atoms with Crippen LogP contribution in [0, 0.1) is 0 Å². The monoisotopic (exact) mass is 360 g/mol. The molecule has 0 saturated carbocycles. The Bertz CT molecular complexity index is 647. The normalized spacial score (nSPS) is 19.0. The van der Waals surface area contributed by atoms with Gasteiger partial charge in [0.25, 0.3) is 0 Å². The van der Waals surface area contributed by atoms with Crippen LogP contribution in [0.2, 0.25) is 0 Å². The third kappa shape index (κ3) is 5.32. The van der Waals surface area contributed by atoms with Crippen LogP contribution in [0.25, 0.3) is 6.08 Å². The minimum absolute atomic E-state index is 0.371. The van der Waals surface area contributed by atoms with Gasteiger partial charge in [0.15, 0.2) is 0 Å². The molecule has 1 aromatic heterocycles. The number of nitrogens with one attached hydrogen (secondary N) is 1. The van der Waals surface area contributed by atoms with E-state index >= 15 is 0 Å². The van der Waals surface area contributed by atoms with Crippen molar-refractivity contribution >= 4 is 24.8 Å². The molecule has 2 rings (SSSR count). The second-order valence-corrected chi connectivity index (χ2v) is 8.39. The van der Waals surface area contributed by atoms with Gasteiger partial charge in [-0.3, -0.25) is 4.98 Å². The van der Waals surface area contributed by atoms with Crippen molar-refractivity contribution in [2.45, 2.75) is 65.3 Å². The Morgan fingerprint density at radius 3 is 2.35 bits per heavy atom. The van der Waals surface area contributed by atoms with Gasteiger partial charge in [-0.25, -0.2) is 4.79 Å². The number of pyridine rings is 1. The Morgan fingerprint density at radius 2 is 1.85 bits per heavy atom. The van der Waals surface area contributed by atoms with E-state index in [9.17, 15) is 4.79 Å². The molecule has 1 fully saturated rings. The lowest BCUT2D eigenvalue weighted by molar-refractivity contribution is 0.00578. The maximum absolute atomic E-state index is 11.6. The van der Waals surface area contributed by atoms with Crippen LogP contribution in [0.3, 0.4) is 0 Å². The van der Waals surface area contributed by atoms with Gasteiger partial charge in [0.1, 0.15) is 5.60 Å². The number of alkyl carbamates (subject to hydrolysis) is 1. The number of ether oxygens (including phenoxy) is 1. The quantitative estimate of drug-likeness (QED) is 0.836. The molecular weight excluding hydrogens is 331 g/mol. The molecule has 142 valence electrons. The zero-order valence-corrected chi connectivity index (χ0v) is 16.8. The van der Waals surface area contributed by atoms with Crippen molar-refractivity contribution in [2.24, 2.45) is 0 Å². The highest BCUT2D eigenvalue weighted by Crippen LogP contribution is 2.36. The number of rotatable bonds is 4. The van der Waals surface area contributed by atoms with Crippen LogP contribution in [0.4, 0.5) is 4.79 Å². The first kappa shape index (κ1) is 20.5. The van der Waals surface area contributed by atoms with Gasteiger partial charge in [-0.2, -0.15) is 0 Å². The first-order chi connectivity index (χ1) is 11.9. The van der Waals surface area contributed by atoms with Crippen LogP contribution in [-0.4, -0.2) is 41.5 Å². The fourth-order valence-electron chi connectivity index (χ4n) is 2.27. The van der Waals surface area contributed by atoms with Crippen molar-refractivity contribution < 1.29 is 18.8 Å². The predicted molar refractivity (Wildman–Crippen MR) is 103 cm³/mol. The molecule has 1 saturated heterocycles. The average molecular weight is 360 g/mol. The summed E-state index contributed by atoms with van der Waals surface area (Å²) >= 11 is 0. The van der Waals surface area contributed by atoms with E-state index in [1.54, 1.807) is 6.20 Å². The summed E-state index contributed by atoms with van der Waals surface area (Å²) in [5, 5.41) is 2.67. The summed E-state index contributed by atoms with van der Waals surface area (Å²) in [7, 11) is -0.417. The summed E-state index contributed by atoms with van der Waals surface area (Å²) in [6.45, 7) is 13.9. The minimum atomic E-state index is -0.501. The number of carbonyl (C=O) groups excluding carboxylic acids is 1. The van der Waals surface area contributed by atoms with Gasteiger partial charge in [-0.05, 0) is 60.6 Å². The highest BCUT2D eigenvalue weighted by atomic mass is 16.7. The van der Waals surface area contributed by atoms with E-state index in [-0.39, 0.29) is 11.2 Å². The minimum Gasteiger partial charge on any atom is -0.444 e. The molecule has 1 aliphatic rings. The molecule has 1 aliphatic heterocycles. The molecule has 2 heterocycles. The highest BCUT2D eigenvalue weighted by molar-refractivity contribution is 6.62. The van der Waals surface area contributed by atoms with E-state index < -0.39 is 18.8 Å². The fourth-order valence-corrected chi connectivity index (χ4v) is 2.27. The van der Waals surface area contributed by atoms with Crippen molar-refractivity contribution in [2.75, 3.05) is 6.54 Å². The summed E-state index contributed by atoms with van der Waals surface area (Å²) in [5.74, 6) is 0. The van der Waals surface area contributed by atoms with E-state index in [1.807, 2.05) is 72.8 Å². The molecule has 6 nitrogen and oxygen atoms in total. The highest BCUT2D eigenvalue weighted by Gasteiger charge is 2.51. The van der Waals surface area contributed by atoms with Crippen molar-refractivity contribution in [1.82, 2.24) is 10.3 Å². The Labute approximate surface area is 156 Å². The number of hydrogen-bond donors (Lipinski definition) is 1. The lowest BCUT2D eigenvalue weighted by Crippen LogP contribution is -2.41. The lowest BCUT2D eigenvalue weighted by Gasteiger charge is -2.32. The molecule has 0 radical (unpaired) electrons. The lowest BCUT2D eigenvalue weighted by atomic mass is 9.80. The number of nitrogens with zero attached hydrogens (tertiary/aromatic N) is 1. The summed E-state index contributed by atoms with van der Waals surface area (Å²) in [4.78, 5) is 16.0. The Morgan fingerprint density at radius 1 is 1.23 bits per heavy atom. The Balaban J connectivity index is 1.87. The van der Waals surface area contributed by atoms with Gasteiger partial charge in [0.2, 0.25) is 0 Å². The summed E-state index contributed by atoms with van der Waals surface area (Å²) < 4.78 is 17.2. The van der Waals surface area contributed by atoms with Gasteiger partial charge in [0, 0.05) is 18.2 Å². The first-order valence-electron chi connectivity index (χ1n) is 8.85. The molecule has 0 spiro atoms. The number of carbonyl (C=O) groups is 1. The van der Waals surface area contributed by atoms with Crippen LogP contribution in [0.5, 0.6) is 0 Å². The number of aromatic nitrogens is 1. The molecule has 1 aromatic rings. The van der Waals surface area contributed by atoms with E-state index in [2.05, 4.69) is 10.3 Å². The molecule has 0 bridgehead atoms. The largest absolute Gasteiger partial charge is 0.496 e. The Hall–Kier alpha value is -1.86. The second-order valence-electron chi connectivity index (χ2n) is 8.39. The smallest absolute Gasteiger partial charge is 0.444 e. The summed E-state index contributed by atoms with van der Waals surface area (Å²) in [5.41, 5.74) is 0.426. The summed E-state index contributed by atoms with van der Waals surface area (Å²) in [6, 6.07) is 3.83. The SMILES string of the molecule is CC(C)(C)OC(=O)NCC=Cc1ccc(B2OC(C)(C)C(C)(C)O2)cn1. The molecule has 26 heavy (non-hydrogen) atoms. The standard InChI is InChI=1S/C19H29BN2O4/c1-17(2,3)24-16(23)21-12-8-9-15-11-10-14(13-22-15)20-25-18(4,5)19(6,7)26-20/h8-11,13H,12H2,1-7H3,(H,21,23). The van der Waals surface area contributed by atoms with Crippen molar-refractivity contribution in [3.8, 4) is 0 Å². The van der Waals surface area contributed by atoms with E-state index in [0.717, 1.165) is 11.2 Å². The fraction of sp³-hybridized carbons (Fsp3) is 0.579. The maximum Gasteiger partial charge on any atom is 0.496 e. The number of hydrogen-bond acceptors (Lipinski definition) is 5. The van der Waals surface area contributed by atoms with Crippen LogP contribution >= 0.6 is 0 Å². The van der Waals surface area contributed by atoms with Crippen molar-refractivity contribution in [3.63, 3.8) is 0 Å². The van der Waals surface area contributed by atoms with E-state index in [4.69, 9.17) is 14.0 Å². The van der Waals surface area contributed by atoms with Crippen LogP contribution < -0.4 is 10.8 Å². The third-order valence-electron chi connectivity index (χ3n) is 4.39. The van der Waals surface area contributed by atoms with Crippen LogP contribution in [-0.2, 0) is 14.0 Å². The zero-order chi connectivity index (χ0) is 19.6. The van der Waals surface area contributed by atoms with Crippen LogP contribution in [0.15, 0.2) is 24.4 Å². The maximum atomic E-state index is 11.6. The predicted octanol–water partition coefficient (Wildman–Crippen LogP) is 2.92. The molecule has 0 aromatic carbocycles. The average Bonchev–Trinajstić information content (AvgIpc) is 2.71. The third-order valence-corrected chi connectivity index (χ3v) is 4.39. The molecule has 0 atom stereocenters. The molecule has 1 N–H and O–H groups in total. The molecule has 0 unspecified atom stereocenters. The van der Waals surface area contributed by atoms with Gasteiger partial charge in [0.05, 0.1) is 16.9 Å². The molecule has 0 aliphatic carbocycles. The molecule has 7 heteroatoms. The van der Waals surface area contributed by atoms with Gasteiger partial charge in [-0.15, -0.1) is 0 Å². The van der Waals surface area contributed by atoms with Gasteiger partial charge >= 0.3 is 13.2 Å². The van der Waals surface area contributed by atoms with Gasteiger partial charge in [-0.1, -0.05) is 12.1 Å². The van der Waals surface area contributed by atoms with Crippen molar-refractivity contribution in [1.29, 1.82) is 0 Å². The molecular formula is C19H29BN2O4. The van der Waals surface area contributed by atoms with E-state index in [1.165, 1.54) is 0 Å². The zero-order valence-electron chi connectivity index (χ0n) is 16.8. The van der Waals surface area contributed by atoms with Crippen molar-refractivity contribution in [3.05, 3.63) is 30.1 Å². The summed E-state index contributed by atoms with van der Waals surface area (Å²) in [6.07, 6.45) is 4.97. The Kier molecular flexibility index (Phi) is 5.83. The number of amides is 1. The molecule has 1 amide bonds. The first-order valence-corrected chi connectivity index (χ1v) is 8.85. The topological polar surface area (TPSA) is 69.7 Å².